The third-order valence-electron chi connectivity index (χ3n) is 4.31. The van der Waals surface area contributed by atoms with Crippen LogP contribution in [0.5, 0.6) is 0 Å². The zero-order chi connectivity index (χ0) is 22.1. The molecule has 0 aliphatic rings. The van der Waals surface area contributed by atoms with Gasteiger partial charge in [-0.2, -0.15) is 0 Å². The van der Waals surface area contributed by atoms with Gasteiger partial charge in [-0.25, -0.2) is 9.37 Å². The topological polar surface area (TPSA) is 51.3 Å². The molecule has 0 amide bonds. The first kappa shape index (κ1) is 24.4. The Kier molecular flexibility index (Phi) is 9.82. The number of allylic oxidation sites excluding steroid dienone is 4. The van der Waals surface area contributed by atoms with Crippen LogP contribution in [0, 0.1) is 5.82 Å². The SMILES string of the molecule is C=CCCc1nc(-c2cccc(N)c2F)c(C(=C\CCC)/C(Cl)=C\N=C(C)SC)s1. The molecule has 1 heterocycles. The summed E-state index contributed by atoms with van der Waals surface area (Å²) in [4.78, 5) is 9.98. The van der Waals surface area contributed by atoms with Crippen LogP contribution in [0.15, 0.2) is 53.2 Å². The standard InChI is InChI=1S/C23H27ClFN3S2/c1-5-7-10-16(18(24)14-27-15(3)29-4)23-22(28-20(30-23)13-8-6-2)17-11-9-12-19(26)21(17)25/h6,9-12,14H,2,5,7-8,13,26H2,1,3-4H3/b16-10-,18-14+,27-15?. The Labute approximate surface area is 191 Å². The van der Waals surface area contributed by atoms with Gasteiger partial charge in [0.05, 0.1) is 31.3 Å². The van der Waals surface area contributed by atoms with Crippen molar-refractivity contribution in [1.29, 1.82) is 0 Å². The molecule has 2 rings (SSSR count). The number of unbranched alkanes of at least 4 members (excludes halogenated alkanes) is 1. The lowest BCUT2D eigenvalue weighted by molar-refractivity contribution is 0.635. The van der Waals surface area contributed by atoms with E-state index in [0.717, 1.165) is 46.2 Å². The van der Waals surface area contributed by atoms with Crippen molar-refractivity contribution in [3.8, 4) is 11.3 Å². The first-order valence-corrected chi connectivity index (χ1v) is 12.1. The van der Waals surface area contributed by atoms with Crippen LogP contribution in [0.25, 0.3) is 16.8 Å². The summed E-state index contributed by atoms with van der Waals surface area (Å²) < 4.78 is 14.9. The summed E-state index contributed by atoms with van der Waals surface area (Å²) in [6.07, 6.45) is 10.9. The van der Waals surface area contributed by atoms with Crippen LogP contribution in [0.2, 0.25) is 0 Å². The van der Waals surface area contributed by atoms with Gasteiger partial charge in [-0.15, -0.1) is 29.7 Å². The molecule has 0 atom stereocenters. The van der Waals surface area contributed by atoms with E-state index in [9.17, 15) is 4.39 Å². The quantitative estimate of drug-likeness (QED) is 0.136. The van der Waals surface area contributed by atoms with Crippen molar-refractivity contribution in [3.05, 3.63) is 63.9 Å². The predicted octanol–water partition coefficient (Wildman–Crippen LogP) is 7.70. The van der Waals surface area contributed by atoms with E-state index in [1.165, 1.54) is 11.3 Å². The lowest BCUT2D eigenvalue weighted by Crippen LogP contribution is -1.96. The van der Waals surface area contributed by atoms with Crippen molar-refractivity contribution < 1.29 is 4.39 Å². The van der Waals surface area contributed by atoms with Gasteiger partial charge in [-0.3, -0.25) is 4.99 Å². The fraction of sp³-hybridized carbons (Fsp3) is 0.304. The number of hydrogen-bond acceptors (Lipinski definition) is 5. The number of thioether (sulfide) groups is 1. The first-order valence-electron chi connectivity index (χ1n) is 9.72. The molecule has 0 bridgehead atoms. The van der Waals surface area contributed by atoms with Gasteiger partial charge in [0.2, 0.25) is 0 Å². The van der Waals surface area contributed by atoms with Crippen molar-refractivity contribution in [2.45, 2.75) is 39.5 Å². The average Bonchev–Trinajstić information content (AvgIpc) is 3.16. The van der Waals surface area contributed by atoms with E-state index in [2.05, 4.69) is 24.6 Å². The minimum atomic E-state index is -0.467. The van der Waals surface area contributed by atoms with Crippen LogP contribution in [-0.4, -0.2) is 16.3 Å². The van der Waals surface area contributed by atoms with E-state index in [-0.39, 0.29) is 5.69 Å². The molecule has 0 aliphatic heterocycles. The van der Waals surface area contributed by atoms with Gasteiger partial charge in [-0.1, -0.05) is 43.2 Å². The molecule has 0 aliphatic carbocycles. The highest BCUT2D eigenvalue weighted by atomic mass is 35.5. The van der Waals surface area contributed by atoms with Gasteiger partial charge in [0.15, 0.2) is 5.82 Å². The average molecular weight is 464 g/mol. The number of halogens is 2. The molecule has 0 saturated heterocycles. The number of aliphatic imine (C=N–C) groups is 1. The van der Waals surface area contributed by atoms with Crippen molar-refractivity contribution in [1.82, 2.24) is 4.98 Å². The second-order valence-corrected chi connectivity index (χ2v) is 9.05. The maximum atomic E-state index is 14.9. The number of nitrogen functional groups attached to an aromatic ring is 1. The second-order valence-electron chi connectivity index (χ2n) is 6.56. The molecule has 0 spiro atoms. The molecule has 160 valence electrons. The largest absolute Gasteiger partial charge is 0.396 e. The number of hydrogen-bond donors (Lipinski definition) is 1. The van der Waals surface area contributed by atoms with Crippen molar-refractivity contribution in [2.75, 3.05) is 12.0 Å². The Morgan fingerprint density at radius 2 is 2.17 bits per heavy atom. The summed E-state index contributed by atoms with van der Waals surface area (Å²) in [6, 6.07) is 4.98. The number of thiazole rings is 1. The maximum absolute atomic E-state index is 14.9. The van der Waals surface area contributed by atoms with Crippen LogP contribution in [-0.2, 0) is 6.42 Å². The van der Waals surface area contributed by atoms with Gasteiger partial charge >= 0.3 is 0 Å². The van der Waals surface area contributed by atoms with Crippen LogP contribution in [0.3, 0.4) is 0 Å². The van der Waals surface area contributed by atoms with Crippen LogP contribution in [0.1, 0.15) is 43.0 Å². The molecule has 3 nitrogen and oxygen atoms in total. The van der Waals surface area contributed by atoms with Gasteiger partial charge in [0.25, 0.3) is 0 Å². The summed E-state index contributed by atoms with van der Waals surface area (Å²) in [5.41, 5.74) is 7.67. The molecule has 2 N–H and O–H groups in total. The van der Waals surface area contributed by atoms with E-state index in [1.807, 2.05) is 19.3 Å². The normalized spacial score (nSPS) is 13.0. The third kappa shape index (κ3) is 6.30. The minimum Gasteiger partial charge on any atom is -0.396 e. The Bertz CT molecular complexity index is 977. The van der Waals surface area contributed by atoms with E-state index < -0.39 is 5.82 Å². The zero-order valence-electron chi connectivity index (χ0n) is 17.5. The molecule has 2 aromatic rings. The minimum absolute atomic E-state index is 0.0972. The van der Waals surface area contributed by atoms with E-state index in [0.29, 0.717) is 16.3 Å². The van der Waals surface area contributed by atoms with Crippen LogP contribution >= 0.6 is 34.7 Å². The summed E-state index contributed by atoms with van der Waals surface area (Å²) in [5.74, 6) is -0.467. The molecule has 1 aromatic carbocycles. The number of nitrogens with zero attached hydrogens (tertiary/aromatic N) is 2. The van der Waals surface area contributed by atoms with Crippen molar-refractivity contribution in [2.24, 2.45) is 4.99 Å². The number of anilines is 1. The van der Waals surface area contributed by atoms with E-state index in [4.69, 9.17) is 22.3 Å². The molecule has 0 saturated carbocycles. The number of rotatable bonds is 9. The Morgan fingerprint density at radius 3 is 2.83 bits per heavy atom. The lowest BCUT2D eigenvalue weighted by Gasteiger charge is -2.09. The highest BCUT2D eigenvalue weighted by molar-refractivity contribution is 8.13. The maximum Gasteiger partial charge on any atom is 0.155 e. The van der Waals surface area contributed by atoms with Gasteiger partial charge < -0.3 is 5.73 Å². The number of nitrogens with two attached hydrogens (primary N) is 1. The number of aromatic nitrogens is 1. The fourth-order valence-corrected chi connectivity index (χ4v) is 4.23. The van der Waals surface area contributed by atoms with Crippen LogP contribution < -0.4 is 5.73 Å². The van der Waals surface area contributed by atoms with Crippen LogP contribution in [0.4, 0.5) is 10.1 Å². The smallest absolute Gasteiger partial charge is 0.155 e. The van der Waals surface area contributed by atoms with Gasteiger partial charge in [0, 0.05) is 23.8 Å². The highest BCUT2D eigenvalue weighted by Gasteiger charge is 2.21. The van der Waals surface area contributed by atoms with Crippen molar-refractivity contribution >= 4 is 51.0 Å². The first-order chi connectivity index (χ1) is 14.4. The predicted molar refractivity (Wildman–Crippen MR) is 134 cm³/mol. The molecular weight excluding hydrogens is 437 g/mol. The zero-order valence-corrected chi connectivity index (χ0v) is 19.9. The van der Waals surface area contributed by atoms with Gasteiger partial charge in [-0.05, 0) is 38.2 Å². The Morgan fingerprint density at radius 1 is 1.40 bits per heavy atom. The van der Waals surface area contributed by atoms with E-state index in [1.54, 1.807) is 36.2 Å². The molecular formula is C23H27ClFN3S2. The molecule has 0 fully saturated rings. The lowest BCUT2D eigenvalue weighted by atomic mass is 10.0. The van der Waals surface area contributed by atoms with Gasteiger partial charge in [0.1, 0.15) is 0 Å². The van der Waals surface area contributed by atoms with E-state index >= 15 is 0 Å². The summed E-state index contributed by atoms with van der Waals surface area (Å²) in [6.45, 7) is 7.81. The monoisotopic (exact) mass is 463 g/mol. The molecule has 0 unspecified atom stereocenters. The summed E-state index contributed by atoms with van der Waals surface area (Å²) in [7, 11) is 0. The highest BCUT2D eigenvalue weighted by Crippen LogP contribution is 2.40. The summed E-state index contributed by atoms with van der Waals surface area (Å²) in [5, 5.41) is 2.31. The number of aryl methyl sites for hydroxylation is 1. The molecule has 1 aromatic heterocycles. The molecule has 0 radical (unpaired) electrons. The number of benzene rings is 1. The Hall–Kier alpha value is -1.89. The fourth-order valence-electron chi connectivity index (χ4n) is 2.65. The second kappa shape index (κ2) is 12.1. The molecule has 30 heavy (non-hydrogen) atoms. The summed E-state index contributed by atoms with van der Waals surface area (Å²) >= 11 is 9.76. The molecule has 7 heteroatoms. The Balaban J connectivity index is 2.68. The van der Waals surface area contributed by atoms with Crippen molar-refractivity contribution in [3.63, 3.8) is 0 Å². The third-order valence-corrected chi connectivity index (χ3v) is 6.46.